The molecule has 0 aliphatic heterocycles. The Balaban J connectivity index is 2.10. The van der Waals surface area contributed by atoms with Gasteiger partial charge in [-0.3, -0.25) is 0 Å². The van der Waals surface area contributed by atoms with Gasteiger partial charge in [-0.2, -0.15) is 0 Å². The van der Waals surface area contributed by atoms with Crippen molar-refractivity contribution in [1.82, 2.24) is 0 Å². The topological polar surface area (TPSA) is 72.8 Å². The fourth-order valence-electron chi connectivity index (χ4n) is 1.19. The summed E-state index contributed by atoms with van der Waals surface area (Å²) < 4.78 is 9.46. The molecule has 1 N–H and O–H groups in total. The molecule has 0 aliphatic carbocycles. The zero-order valence-corrected chi connectivity index (χ0v) is 9.30. The molecule has 0 radical (unpaired) electrons. The van der Waals surface area contributed by atoms with E-state index in [1.807, 2.05) is 30.3 Å². The summed E-state index contributed by atoms with van der Waals surface area (Å²) in [7, 11) is 0. The first-order valence-electron chi connectivity index (χ1n) is 5.17. The minimum atomic E-state index is -1.11. The van der Waals surface area contributed by atoms with Crippen LogP contribution in [0.15, 0.2) is 30.3 Å². The van der Waals surface area contributed by atoms with Crippen molar-refractivity contribution in [1.29, 1.82) is 0 Å². The second-order valence-corrected chi connectivity index (χ2v) is 3.34. The minimum absolute atomic E-state index is 0.263. The Hall–Kier alpha value is -1.88. The Morgan fingerprint density at radius 3 is 2.47 bits per heavy atom. The van der Waals surface area contributed by atoms with Gasteiger partial charge in [0.2, 0.25) is 0 Å². The van der Waals surface area contributed by atoms with Crippen LogP contribution in [-0.4, -0.2) is 36.9 Å². The molecule has 1 aromatic rings. The zero-order chi connectivity index (χ0) is 12.5. The number of carbonyl (C=O) groups excluding carboxylic acids is 1. The fourth-order valence-corrected chi connectivity index (χ4v) is 1.19. The molecule has 0 saturated carbocycles. The van der Waals surface area contributed by atoms with Gasteiger partial charge in [-0.15, -0.1) is 0 Å². The summed E-state index contributed by atoms with van der Waals surface area (Å²) in [6, 6.07) is 9.61. The maximum Gasteiger partial charge on any atom is 0.332 e. The highest BCUT2D eigenvalue weighted by molar-refractivity contribution is 5.72. The lowest BCUT2D eigenvalue weighted by Crippen LogP contribution is -2.17. The third kappa shape index (κ3) is 6.32. The van der Waals surface area contributed by atoms with Crippen LogP contribution in [0.4, 0.5) is 0 Å². The van der Waals surface area contributed by atoms with E-state index in [9.17, 15) is 9.59 Å². The molecule has 0 aromatic heterocycles. The van der Waals surface area contributed by atoms with Crippen LogP contribution in [0.25, 0.3) is 0 Å². The number of esters is 1. The Labute approximate surface area is 99.0 Å². The van der Waals surface area contributed by atoms with Crippen LogP contribution < -0.4 is 0 Å². The molecular formula is C12H14O5. The van der Waals surface area contributed by atoms with Crippen molar-refractivity contribution in [3.63, 3.8) is 0 Å². The highest BCUT2D eigenvalue weighted by Gasteiger charge is 2.04. The summed E-state index contributed by atoms with van der Waals surface area (Å²) in [5.41, 5.74) is 1.08. The van der Waals surface area contributed by atoms with Gasteiger partial charge in [-0.25, -0.2) is 9.59 Å². The molecule has 1 rings (SSSR count). The highest BCUT2D eigenvalue weighted by Crippen LogP contribution is 1.99. The summed E-state index contributed by atoms with van der Waals surface area (Å²) in [6.07, 6.45) is 0.630. The summed E-state index contributed by atoms with van der Waals surface area (Å²) in [4.78, 5) is 21.2. The summed E-state index contributed by atoms with van der Waals surface area (Å²) in [6.45, 7) is -0.561. The molecule has 0 aliphatic rings. The molecular weight excluding hydrogens is 224 g/mol. The number of hydrogen-bond acceptors (Lipinski definition) is 4. The van der Waals surface area contributed by atoms with E-state index >= 15 is 0 Å². The van der Waals surface area contributed by atoms with Crippen molar-refractivity contribution >= 4 is 11.9 Å². The van der Waals surface area contributed by atoms with Gasteiger partial charge in [0.1, 0.15) is 13.2 Å². The molecule has 0 spiro atoms. The second-order valence-electron chi connectivity index (χ2n) is 3.34. The van der Waals surface area contributed by atoms with Gasteiger partial charge in [0, 0.05) is 6.42 Å². The number of benzene rings is 1. The molecule has 5 nitrogen and oxygen atoms in total. The van der Waals surface area contributed by atoms with Crippen molar-refractivity contribution in [2.45, 2.75) is 6.42 Å². The molecule has 0 fully saturated rings. The number of carbonyl (C=O) groups is 2. The monoisotopic (exact) mass is 238 g/mol. The molecule has 0 bridgehead atoms. The molecule has 5 heteroatoms. The standard InChI is InChI=1S/C12H14O5/c13-11(14)8-16-9-12(15)17-7-6-10-4-2-1-3-5-10/h1-5H,6-9H2,(H,13,14). The molecule has 17 heavy (non-hydrogen) atoms. The molecule has 1 aromatic carbocycles. The summed E-state index contributed by atoms with van der Waals surface area (Å²) >= 11 is 0. The van der Waals surface area contributed by atoms with E-state index in [0.29, 0.717) is 6.42 Å². The van der Waals surface area contributed by atoms with Crippen molar-refractivity contribution in [2.24, 2.45) is 0 Å². The normalized spacial score (nSPS) is 9.88. The van der Waals surface area contributed by atoms with Crippen LogP contribution in [0.3, 0.4) is 0 Å². The van der Waals surface area contributed by atoms with E-state index < -0.39 is 18.5 Å². The van der Waals surface area contributed by atoms with Crippen molar-refractivity contribution in [3.8, 4) is 0 Å². The van der Waals surface area contributed by atoms with Crippen LogP contribution >= 0.6 is 0 Å². The predicted molar refractivity (Wildman–Crippen MR) is 59.6 cm³/mol. The van der Waals surface area contributed by atoms with Crippen LogP contribution in [-0.2, 0) is 25.5 Å². The van der Waals surface area contributed by atoms with Crippen LogP contribution in [0.1, 0.15) is 5.56 Å². The second kappa shape index (κ2) is 7.40. The first kappa shape index (κ1) is 13.2. The molecule has 0 saturated heterocycles. The van der Waals surface area contributed by atoms with Crippen LogP contribution in [0.2, 0.25) is 0 Å². The van der Waals surface area contributed by atoms with E-state index in [1.54, 1.807) is 0 Å². The molecule has 0 atom stereocenters. The fraction of sp³-hybridized carbons (Fsp3) is 0.333. The summed E-state index contributed by atoms with van der Waals surface area (Å²) in [5, 5.41) is 8.27. The Kier molecular flexibility index (Phi) is 5.74. The highest BCUT2D eigenvalue weighted by atomic mass is 16.6. The van der Waals surface area contributed by atoms with Crippen LogP contribution in [0, 0.1) is 0 Å². The minimum Gasteiger partial charge on any atom is -0.480 e. The van der Waals surface area contributed by atoms with Crippen molar-refractivity contribution in [2.75, 3.05) is 19.8 Å². The average molecular weight is 238 g/mol. The zero-order valence-electron chi connectivity index (χ0n) is 9.30. The summed E-state index contributed by atoms with van der Waals surface area (Å²) in [5.74, 6) is -1.66. The Bertz CT molecular complexity index is 360. The molecule has 92 valence electrons. The van der Waals surface area contributed by atoms with Gasteiger partial charge in [0.15, 0.2) is 0 Å². The molecule has 0 heterocycles. The number of ether oxygens (including phenoxy) is 2. The van der Waals surface area contributed by atoms with E-state index in [1.165, 1.54) is 0 Å². The SMILES string of the molecule is O=C(O)COCC(=O)OCCc1ccccc1. The third-order valence-electron chi connectivity index (χ3n) is 1.94. The maximum atomic E-state index is 11.1. The quantitative estimate of drug-likeness (QED) is 0.714. The molecule has 0 unspecified atom stereocenters. The van der Waals surface area contributed by atoms with Crippen LogP contribution in [0.5, 0.6) is 0 Å². The Morgan fingerprint density at radius 2 is 1.82 bits per heavy atom. The van der Waals surface area contributed by atoms with Gasteiger partial charge >= 0.3 is 11.9 Å². The first-order valence-corrected chi connectivity index (χ1v) is 5.17. The maximum absolute atomic E-state index is 11.1. The average Bonchev–Trinajstić information content (AvgIpc) is 2.30. The lowest BCUT2D eigenvalue weighted by molar-refractivity contribution is -0.152. The molecule has 0 amide bonds. The number of rotatable bonds is 7. The number of carboxylic acids is 1. The smallest absolute Gasteiger partial charge is 0.332 e. The van der Waals surface area contributed by atoms with E-state index in [4.69, 9.17) is 9.84 Å². The van der Waals surface area contributed by atoms with Gasteiger partial charge in [-0.1, -0.05) is 30.3 Å². The number of hydrogen-bond donors (Lipinski definition) is 1. The largest absolute Gasteiger partial charge is 0.480 e. The van der Waals surface area contributed by atoms with Crippen molar-refractivity contribution in [3.05, 3.63) is 35.9 Å². The van der Waals surface area contributed by atoms with Crippen molar-refractivity contribution < 1.29 is 24.2 Å². The lowest BCUT2D eigenvalue weighted by Gasteiger charge is -2.04. The van der Waals surface area contributed by atoms with E-state index in [2.05, 4.69) is 4.74 Å². The van der Waals surface area contributed by atoms with Gasteiger partial charge in [0.25, 0.3) is 0 Å². The number of aliphatic carboxylic acids is 1. The lowest BCUT2D eigenvalue weighted by atomic mass is 10.2. The van der Waals surface area contributed by atoms with Gasteiger partial charge in [0.05, 0.1) is 6.61 Å². The van der Waals surface area contributed by atoms with Gasteiger partial charge < -0.3 is 14.6 Å². The van der Waals surface area contributed by atoms with Gasteiger partial charge in [-0.05, 0) is 5.56 Å². The number of carboxylic acid groups (broad SMARTS) is 1. The first-order chi connectivity index (χ1) is 8.18. The van der Waals surface area contributed by atoms with E-state index in [0.717, 1.165) is 5.56 Å². The Morgan fingerprint density at radius 1 is 1.12 bits per heavy atom. The third-order valence-corrected chi connectivity index (χ3v) is 1.94. The predicted octanol–water partition coefficient (Wildman–Crippen LogP) is 0.873. The van der Waals surface area contributed by atoms with E-state index in [-0.39, 0.29) is 13.2 Å².